The number of aliphatic hydroxyl groups is 1. The van der Waals surface area contributed by atoms with Gasteiger partial charge >= 0.3 is 0 Å². The van der Waals surface area contributed by atoms with E-state index in [2.05, 4.69) is 19.9 Å². The van der Waals surface area contributed by atoms with Crippen molar-refractivity contribution in [1.29, 1.82) is 0 Å². The van der Waals surface area contributed by atoms with E-state index in [0.717, 1.165) is 56.1 Å². The Kier molecular flexibility index (Phi) is 5.00. The molecule has 0 amide bonds. The lowest BCUT2D eigenvalue weighted by Gasteiger charge is -2.56. The number of hydrogen-bond acceptors (Lipinski definition) is 2. The molecule has 4 heteroatoms. The monoisotopic (exact) mass is 444 g/mol. The Balaban J connectivity index is 1.48. The highest BCUT2D eigenvalue weighted by Gasteiger charge is 2.59. The average Bonchev–Trinajstić information content (AvgIpc) is 2.95. The molecule has 5 rings (SSSR count). The zero-order valence-corrected chi connectivity index (χ0v) is 19.3. The number of hydrogen-bond donors (Lipinski definition) is 1. The van der Waals surface area contributed by atoms with Gasteiger partial charge in [-0.3, -0.25) is 4.79 Å². The van der Waals surface area contributed by atoms with Crippen molar-refractivity contribution in [2.75, 3.05) is 0 Å². The summed E-state index contributed by atoms with van der Waals surface area (Å²) in [5, 5.41) is 11.4. The van der Waals surface area contributed by atoms with Crippen LogP contribution in [0.3, 0.4) is 0 Å². The number of allylic oxidation sites excluding steroid dienone is 2. The smallest absolute Gasteiger partial charge is 0.165 e. The van der Waals surface area contributed by atoms with E-state index in [0.29, 0.717) is 33.6 Å². The highest BCUT2D eigenvalue weighted by Crippen LogP contribution is 2.64. The van der Waals surface area contributed by atoms with Gasteiger partial charge in [0.2, 0.25) is 0 Å². The largest absolute Gasteiger partial charge is 0.393 e. The molecule has 1 N–H and O–H groups in total. The van der Waals surface area contributed by atoms with Crippen LogP contribution in [0, 0.1) is 28.6 Å². The normalized spacial score (nSPS) is 41.8. The number of carbonyl (C=O) groups is 1. The summed E-state index contributed by atoms with van der Waals surface area (Å²) in [6, 6.07) is 5.48. The van der Waals surface area contributed by atoms with E-state index in [9.17, 15) is 9.90 Å². The number of rotatable bonds is 1. The third-order valence-electron chi connectivity index (χ3n) is 9.01. The molecule has 1 aromatic rings. The fourth-order valence-electron chi connectivity index (χ4n) is 7.25. The molecule has 1 aromatic carbocycles. The number of halogens is 2. The third kappa shape index (κ3) is 3.05. The molecule has 6 atom stereocenters. The summed E-state index contributed by atoms with van der Waals surface area (Å²) in [6.45, 7) is 4.62. The van der Waals surface area contributed by atoms with Crippen molar-refractivity contribution in [3.63, 3.8) is 0 Å². The predicted molar refractivity (Wildman–Crippen MR) is 123 cm³/mol. The molecule has 160 valence electrons. The van der Waals surface area contributed by atoms with Gasteiger partial charge in [-0.25, -0.2) is 0 Å². The summed E-state index contributed by atoms with van der Waals surface area (Å²) >= 11 is 12.4. The second-order valence-corrected chi connectivity index (χ2v) is 11.3. The minimum absolute atomic E-state index is 0.179. The summed E-state index contributed by atoms with van der Waals surface area (Å²) in [7, 11) is 0. The number of Topliss-reactive ketones (excluding diaryl/α,β-unsaturated/α-hetero) is 1. The molecule has 3 fully saturated rings. The molecule has 3 saturated carbocycles. The molecule has 4 aliphatic carbocycles. The summed E-state index contributed by atoms with van der Waals surface area (Å²) in [5.41, 5.74) is 3.20. The average molecular weight is 445 g/mol. The Morgan fingerprint density at radius 2 is 1.83 bits per heavy atom. The van der Waals surface area contributed by atoms with Gasteiger partial charge in [-0.05, 0) is 97.5 Å². The van der Waals surface area contributed by atoms with Crippen molar-refractivity contribution < 1.29 is 9.90 Å². The first-order chi connectivity index (χ1) is 14.2. The Hall–Kier alpha value is -1.09. The Morgan fingerprint density at radius 3 is 2.60 bits per heavy atom. The fraction of sp³-hybridized carbons (Fsp3) is 0.577. The first-order valence-electron chi connectivity index (χ1n) is 11.3. The van der Waals surface area contributed by atoms with E-state index in [1.807, 2.05) is 18.2 Å². The van der Waals surface area contributed by atoms with E-state index in [1.165, 1.54) is 5.57 Å². The van der Waals surface area contributed by atoms with Crippen LogP contribution >= 0.6 is 23.2 Å². The van der Waals surface area contributed by atoms with Crippen molar-refractivity contribution in [1.82, 2.24) is 0 Å². The van der Waals surface area contributed by atoms with Crippen LogP contribution in [0.4, 0.5) is 0 Å². The molecule has 30 heavy (non-hydrogen) atoms. The third-order valence-corrected chi connectivity index (χ3v) is 9.57. The van der Waals surface area contributed by atoms with Gasteiger partial charge in [-0.2, -0.15) is 0 Å². The molecule has 0 heterocycles. The maximum absolute atomic E-state index is 13.5. The van der Waals surface area contributed by atoms with Crippen molar-refractivity contribution in [3.8, 4) is 0 Å². The predicted octanol–water partition coefficient (Wildman–Crippen LogP) is 6.88. The second-order valence-electron chi connectivity index (χ2n) is 10.5. The van der Waals surface area contributed by atoms with E-state index in [-0.39, 0.29) is 16.9 Å². The van der Waals surface area contributed by atoms with Crippen LogP contribution in [0.15, 0.2) is 35.4 Å². The van der Waals surface area contributed by atoms with Crippen LogP contribution in [0.1, 0.15) is 64.4 Å². The molecular formula is C26H30Cl2O2. The molecule has 4 aliphatic rings. The van der Waals surface area contributed by atoms with Crippen LogP contribution in [0.5, 0.6) is 0 Å². The molecule has 0 bridgehead atoms. The van der Waals surface area contributed by atoms with Gasteiger partial charge in [0.05, 0.1) is 6.10 Å². The minimum atomic E-state index is -0.262. The van der Waals surface area contributed by atoms with Crippen LogP contribution in [-0.4, -0.2) is 17.0 Å². The Labute approximate surface area is 189 Å². The first-order valence-corrected chi connectivity index (χ1v) is 12.1. The summed E-state index contributed by atoms with van der Waals surface area (Å²) < 4.78 is 0. The Morgan fingerprint density at radius 1 is 1.07 bits per heavy atom. The first kappa shape index (κ1) is 20.8. The maximum atomic E-state index is 13.5. The van der Waals surface area contributed by atoms with Crippen LogP contribution < -0.4 is 0 Å². The lowest BCUT2D eigenvalue weighted by molar-refractivity contribution is -0.130. The Bertz CT molecular complexity index is 964. The number of carbonyl (C=O) groups excluding carboxylic acids is 1. The summed E-state index contributed by atoms with van der Waals surface area (Å²) in [4.78, 5) is 13.5. The van der Waals surface area contributed by atoms with Crippen LogP contribution in [0.2, 0.25) is 10.0 Å². The maximum Gasteiger partial charge on any atom is 0.165 e. The highest BCUT2D eigenvalue weighted by atomic mass is 35.5. The molecule has 0 aliphatic heterocycles. The van der Waals surface area contributed by atoms with E-state index in [4.69, 9.17) is 23.2 Å². The summed E-state index contributed by atoms with van der Waals surface area (Å²) in [5.74, 6) is 1.87. The molecule has 0 aromatic heterocycles. The minimum Gasteiger partial charge on any atom is -0.393 e. The number of aliphatic hydroxyl groups excluding tert-OH is 1. The van der Waals surface area contributed by atoms with Crippen molar-refractivity contribution in [3.05, 3.63) is 51.0 Å². The zero-order valence-electron chi connectivity index (χ0n) is 17.8. The standard InChI is InChI=1S/C26H30Cl2O2/c1-25-9-7-19(29)13-17(25)4-6-20-21(25)8-10-26(2)22(20)12-16(24(26)30)11-15-3-5-18(27)14-23(15)28/h3-5,11,14,19-22,29H,6-10,12-13H2,1-2H3. The van der Waals surface area contributed by atoms with Crippen molar-refractivity contribution in [2.24, 2.45) is 28.6 Å². The van der Waals surface area contributed by atoms with Gasteiger partial charge in [-0.1, -0.05) is 54.8 Å². The van der Waals surface area contributed by atoms with Gasteiger partial charge in [0.15, 0.2) is 5.78 Å². The van der Waals surface area contributed by atoms with Gasteiger partial charge in [0, 0.05) is 15.5 Å². The van der Waals surface area contributed by atoms with Crippen molar-refractivity contribution >= 4 is 35.1 Å². The number of ketones is 1. The lowest BCUT2D eigenvalue weighted by atomic mass is 9.48. The van der Waals surface area contributed by atoms with Gasteiger partial charge in [-0.15, -0.1) is 0 Å². The van der Waals surface area contributed by atoms with E-state index in [1.54, 1.807) is 6.07 Å². The van der Waals surface area contributed by atoms with Gasteiger partial charge in [0.25, 0.3) is 0 Å². The van der Waals surface area contributed by atoms with Crippen molar-refractivity contribution in [2.45, 2.75) is 64.9 Å². The SMILES string of the molecule is CC12CCC3C(CC=C4CC(O)CCC43C)C1CC(=Cc1ccc(Cl)cc1Cl)C2=O. The molecule has 0 radical (unpaired) electrons. The molecule has 2 nitrogen and oxygen atoms in total. The topological polar surface area (TPSA) is 37.3 Å². The van der Waals surface area contributed by atoms with Gasteiger partial charge in [0.1, 0.15) is 0 Å². The zero-order chi connectivity index (χ0) is 21.3. The number of fused-ring (bicyclic) bond motifs is 5. The number of benzene rings is 1. The quantitative estimate of drug-likeness (QED) is 0.378. The van der Waals surface area contributed by atoms with E-state index < -0.39 is 0 Å². The van der Waals surface area contributed by atoms with Crippen LogP contribution in [0.25, 0.3) is 6.08 Å². The molecular weight excluding hydrogens is 415 g/mol. The molecule has 6 unspecified atom stereocenters. The van der Waals surface area contributed by atoms with E-state index >= 15 is 0 Å². The summed E-state index contributed by atoms with van der Waals surface area (Å²) in [6.07, 6.45) is 11.0. The lowest BCUT2D eigenvalue weighted by Crippen LogP contribution is -2.50. The molecule has 0 spiro atoms. The van der Waals surface area contributed by atoms with Gasteiger partial charge < -0.3 is 5.11 Å². The highest BCUT2D eigenvalue weighted by molar-refractivity contribution is 6.35. The van der Waals surface area contributed by atoms with Crippen LogP contribution in [-0.2, 0) is 4.79 Å². The fourth-order valence-corrected chi connectivity index (χ4v) is 7.71. The second kappa shape index (κ2) is 7.22. The molecule has 0 saturated heterocycles.